The zero-order valence-electron chi connectivity index (χ0n) is 25.8. The fourth-order valence-corrected chi connectivity index (χ4v) is 6.34. The minimum atomic E-state index is -0.247. The number of pyridine rings is 1. The van der Waals surface area contributed by atoms with E-state index in [1.165, 1.54) is 56.2 Å². The number of nitrogens with one attached hydrogen (secondary N) is 1. The topological polar surface area (TPSA) is 80.8 Å². The molecule has 2 unspecified atom stereocenters. The van der Waals surface area contributed by atoms with Crippen molar-refractivity contribution >= 4 is 0 Å². The summed E-state index contributed by atoms with van der Waals surface area (Å²) in [5.41, 5.74) is 3.06. The summed E-state index contributed by atoms with van der Waals surface area (Å²) in [6.07, 6.45) is 12.1. The molecule has 2 saturated heterocycles. The molecule has 43 heavy (non-hydrogen) atoms. The van der Waals surface area contributed by atoms with Gasteiger partial charge in [0.2, 0.25) is 0 Å². The largest absolute Gasteiger partial charge is 0.662 e. The summed E-state index contributed by atoms with van der Waals surface area (Å²) in [5.74, 6) is 0.527. The smallest absolute Gasteiger partial charge is 0.250 e. The summed E-state index contributed by atoms with van der Waals surface area (Å²) in [5, 5.41) is 18.7. The first-order chi connectivity index (χ1) is 20.4. The molecular weight excluding hydrogens is 620 g/mol. The van der Waals surface area contributed by atoms with Gasteiger partial charge < -0.3 is 25.1 Å². The van der Waals surface area contributed by atoms with Crippen LogP contribution in [0.3, 0.4) is 0 Å². The van der Waals surface area contributed by atoms with Crippen LogP contribution < -0.4 is 15.6 Å². The van der Waals surface area contributed by atoms with Crippen LogP contribution in [0.25, 0.3) is 16.4 Å². The van der Waals surface area contributed by atoms with Crippen LogP contribution in [0, 0.1) is 11.2 Å². The fraction of sp³-hybridized carbons (Fsp3) is 0.500. The molecule has 1 spiro atoms. The van der Waals surface area contributed by atoms with Crippen LogP contribution in [0.15, 0.2) is 71.7 Å². The Bertz CT molecular complexity index is 1320. The number of piperidine rings is 2. The third-order valence-corrected chi connectivity index (χ3v) is 8.90. The molecule has 3 aliphatic rings. The molecule has 6 rings (SSSR count). The van der Waals surface area contributed by atoms with Gasteiger partial charge in [-0.2, -0.15) is 5.06 Å². The number of halogens is 1. The Balaban J connectivity index is 0.000000179. The van der Waals surface area contributed by atoms with Crippen LogP contribution in [0.2, 0.25) is 0 Å². The van der Waals surface area contributed by atoms with Gasteiger partial charge >= 0.3 is 0 Å². The van der Waals surface area contributed by atoms with Gasteiger partial charge in [0.1, 0.15) is 11.6 Å². The van der Waals surface area contributed by atoms with E-state index in [9.17, 15) is 14.4 Å². The molecule has 1 aromatic heterocycles. The number of aryl methyl sites for hydroxylation is 1. The van der Waals surface area contributed by atoms with Gasteiger partial charge in [-0.25, -0.2) is 4.39 Å². The Morgan fingerprint density at radius 1 is 1.05 bits per heavy atom. The van der Waals surface area contributed by atoms with E-state index in [1.54, 1.807) is 49.2 Å². The minimum absolute atomic E-state index is 0. The number of hydrogen-bond acceptors (Lipinski definition) is 5. The van der Waals surface area contributed by atoms with E-state index in [1.807, 2.05) is 37.4 Å². The number of hydroxylamine groups is 2. The molecule has 1 radical (unpaired) electrons. The number of nitrogens with zero attached hydrogens (tertiary/aromatic N) is 3. The molecule has 1 aliphatic carbocycles. The molecule has 9 heteroatoms. The number of hydrogen-bond donors (Lipinski definition) is 2. The first-order valence-electron chi connectivity index (χ1n) is 15.2. The maximum Gasteiger partial charge on any atom is 0.250 e. The molecule has 231 valence electrons. The second-order valence-electron chi connectivity index (χ2n) is 11.7. The van der Waals surface area contributed by atoms with Crippen molar-refractivity contribution in [2.24, 2.45) is 12.5 Å². The van der Waals surface area contributed by atoms with Gasteiger partial charge in [0.05, 0.1) is 13.2 Å². The summed E-state index contributed by atoms with van der Waals surface area (Å²) < 4.78 is 20.4. The Morgan fingerprint density at radius 2 is 1.74 bits per heavy atom. The number of aromatic nitrogens is 1. The normalized spacial score (nSPS) is 21.0. The van der Waals surface area contributed by atoms with E-state index in [0.29, 0.717) is 23.6 Å². The predicted molar refractivity (Wildman–Crippen MR) is 167 cm³/mol. The van der Waals surface area contributed by atoms with E-state index >= 15 is 0 Å². The van der Waals surface area contributed by atoms with Crippen molar-refractivity contribution in [1.82, 2.24) is 14.9 Å². The van der Waals surface area contributed by atoms with Crippen molar-refractivity contribution in [2.45, 2.75) is 63.5 Å². The number of ether oxygens (including phenoxy) is 1. The van der Waals surface area contributed by atoms with Crippen molar-refractivity contribution in [3.63, 3.8) is 0 Å². The van der Waals surface area contributed by atoms with E-state index in [-0.39, 0.29) is 50.1 Å². The molecule has 3 fully saturated rings. The minimum Gasteiger partial charge on any atom is -0.662 e. The molecule has 3 aromatic rings. The van der Waals surface area contributed by atoms with Crippen molar-refractivity contribution in [3.8, 4) is 16.9 Å². The standard InChI is InChI=1S/C13H13NO2.C12H17FN2O.C9H16N.Y/c1-14-8-7-10(9-13(14)15)11-5-3-4-6-12(11)16-2;1-14-9-6-7-15(16)12(8-9)10-4-2-3-5-11(10)13;1-2-5-9(4-1)6-3-7-10-8-9;/h3-9H,1-2H3;2-5,9,12,14,16H,6-8H2,1H3;1-8H2;/q;;-1;. The second-order valence-corrected chi connectivity index (χ2v) is 11.7. The Hall–Kier alpha value is -1.94. The van der Waals surface area contributed by atoms with Crippen LogP contribution in [0.1, 0.15) is 63.0 Å². The number of benzene rings is 2. The van der Waals surface area contributed by atoms with Crippen LogP contribution in [-0.4, -0.2) is 54.7 Å². The molecular formula is C34H46FN4O3Y-. The molecule has 0 bridgehead atoms. The van der Waals surface area contributed by atoms with E-state index in [2.05, 4.69) is 10.6 Å². The van der Waals surface area contributed by atoms with E-state index < -0.39 is 0 Å². The molecule has 2 atom stereocenters. The van der Waals surface area contributed by atoms with E-state index in [0.717, 1.165) is 36.3 Å². The number of rotatable bonds is 4. The van der Waals surface area contributed by atoms with Crippen LogP contribution in [0.4, 0.5) is 4.39 Å². The Morgan fingerprint density at radius 3 is 2.40 bits per heavy atom. The zero-order valence-corrected chi connectivity index (χ0v) is 28.7. The van der Waals surface area contributed by atoms with Crippen molar-refractivity contribution in [1.29, 1.82) is 0 Å². The Kier molecular flexibility index (Phi) is 14.5. The van der Waals surface area contributed by atoms with Crippen LogP contribution in [0.5, 0.6) is 5.75 Å². The SMILES string of the molecule is C1CCC2(C1)CCC[N-]C2.CNC1CCN(O)C(c2ccccc2F)C1.COc1ccccc1-c1ccn(C)c(=O)c1.[Y]. The Labute approximate surface area is 281 Å². The van der Waals surface area contributed by atoms with Gasteiger partial charge in [-0.1, -0.05) is 62.1 Å². The first kappa shape index (κ1) is 35.5. The van der Waals surface area contributed by atoms with Crippen LogP contribution in [-0.2, 0) is 39.8 Å². The van der Waals surface area contributed by atoms with Crippen molar-refractivity contribution < 1.29 is 47.0 Å². The van der Waals surface area contributed by atoms with Gasteiger partial charge in [0.25, 0.3) is 5.56 Å². The van der Waals surface area contributed by atoms with Crippen LogP contribution >= 0.6 is 0 Å². The number of methoxy groups -OCH3 is 1. The van der Waals surface area contributed by atoms with Gasteiger partial charge in [0, 0.05) is 75.7 Å². The molecule has 0 amide bonds. The quantitative estimate of drug-likeness (QED) is 0.324. The molecule has 2 N–H and O–H groups in total. The maximum absolute atomic E-state index is 13.6. The molecule has 2 aromatic carbocycles. The second kappa shape index (κ2) is 17.5. The third-order valence-electron chi connectivity index (χ3n) is 8.90. The van der Waals surface area contributed by atoms with Gasteiger partial charge in [0.15, 0.2) is 0 Å². The van der Waals surface area contributed by atoms with Gasteiger partial charge in [-0.15, -0.1) is 13.1 Å². The summed E-state index contributed by atoms with van der Waals surface area (Å²) >= 11 is 0. The molecule has 1 saturated carbocycles. The fourth-order valence-electron chi connectivity index (χ4n) is 6.34. The van der Waals surface area contributed by atoms with Crippen molar-refractivity contribution in [2.75, 3.05) is 33.8 Å². The summed E-state index contributed by atoms with van der Waals surface area (Å²) in [7, 11) is 5.25. The maximum atomic E-state index is 13.6. The van der Waals surface area contributed by atoms with Gasteiger partial charge in [-0.3, -0.25) is 4.79 Å². The number of para-hydroxylation sites is 1. The van der Waals surface area contributed by atoms with E-state index in [4.69, 9.17) is 4.74 Å². The summed E-state index contributed by atoms with van der Waals surface area (Å²) in [6, 6.07) is 17.9. The van der Waals surface area contributed by atoms with Crippen molar-refractivity contribution in [3.05, 3.63) is 93.9 Å². The van der Waals surface area contributed by atoms with Gasteiger partial charge in [-0.05, 0) is 61.9 Å². The summed E-state index contributed by atoms with van der Waals surface area (Å²) in [4.78, 5) is 11.5. The average molecular weight is 667 g/mol. The first-order valence-corrected chi connectivity index (χ1v) is 15.2. The third kappa shape index (κ3) is 9.77. The molecule has 7 nitrogen and oxygen atoms in total. The predicted octanol–water partition coefficient (Wildman–Crippen LogP) is 6.71. The molecule has 2 aliphatic heterocycles. The average Bonchev–Trinajstić information content (AvgIpc) is 3.47. The summed E-state index contributed by atoms with van der Waals surface area (Å²) in [6.45, 7) is 2.90. The monoisotopic (exact) mass is 666 g/mol. The zero-order chi connectivity index (χ0) is 30.0. The molecule has 3 heterocycles.